The summed E-state index contributed by atoms with van der Waals surface area (Å²) in [7, 11) is 0. The third-order valence-electron chi connectivity index (χ3n) is 2.98. The molecule has 4 nitrogen and oxygen atoms in total. The van der Waals surface area contributed by atoms with E-state index >= 15 is 0 Å². The number of hydrogen-bond acceptors (Lipinski definition) is 4. The van der Waals surface area contributed by atoms with Gasteiger partial charge in [0, 0.05) is 17.7 Å². The first-order chi connectivity index (χ1) is 9.63. The summed E-state index contributed by atoms with van der Waals surface area (Å²) in [5.41, 5.74) is 2.46. The molecule has 106 valence electrons. The van der Waals surface area contributed by atoms with Crippen LogP contribution in [0.4, 0.5) is 0 Å². The smallest absolute Gasteiger partial charge is 0.255 e. The molecular formula is C15H18N2O2S. The molecule has 0 saturated carbocycles. The van der Waals surface area contributed by atoms with Gasteiger partial charge in [0.25, 0.3) is 5.56 Å². The minimum atomic E-state index is -0.0661. The second-order valence-electron chi connectivity index (χ2n) is 4.40. The first-order valence-corrected chi connectivity index (χ1v) is 7.72. The maximum Gasteiger partial charge on any atom is 0.255 e. The quantitative estimate of drug-likeness (QED) is 0.679. The van der Waals surface area contributed by atoms with Gasteiger partial charge in [-0.2, -0.15) is 0 Å². The molecule has 5 heteroatoms. The summed E-state index contributed by atoms with van der Waals surface area (Å²) in [4.78, 5) is 19.3. The largest absolute Gasteiger partial charge is 0.494 e. The van der Waals surface area contributed by atoms with Crippen LogP contribution in [0.15, 0.2) is 34.2 Å². The van der Waals surface area contributed by atoms with E-state index < -0.39 is 0 Å². The Labute approximate surface area is 122 Å². The van der Waals surface area contributed by atoms with Gasteiger partial charge < -0.3 is 9.72 Å². The fourth-order valence-corrected chi connectivity index (χ4v) is 2.43. The summed E-state index contributed by atoms with van der Waals surface area (Å²) in [6.45, 7) is 4.45. The van der Waals surface area contributed by atoms with Gasteiger partial charge in [0.1, 0.15) is 5.75 Å². The van der Waals surface area contributed by atoms with Crippen molar-refractivity contribution in [3.05, 3.63) is 51.4 Å². The van der Waals surface area contributed by atoms with Crippen LogP contribution in [0.25, 0.3) is 0 Å². The zero-order valence-corrected chi connectivity index (χ0v) is 12.7. The lowest BCUT2D eigenvalue weighted by Gasteiger charge is -2.08. The van der Waals surface area contributed by atoms with Gasteiger partial charge in [-0.15, -0.1) is 0 Å². The van der Waals surface area contributed by atoms with Crippen molar-refractivity contribution in [2.45, 2.75) is 25.4 Å². The highest BCUT2D eigenvalue weighted by Gasteiger charge is 2.09. The molecule has 20 heavy (non-hydrogen) atoms. The highest BCUT2D eigenvalue weighted by atomic mass is 32.2. The molecule has 1 heterocycles. The van der Waals surface area contributed by atoms with Gasteiger partial charge in [-0.3, -0.25) is 4.79 Å². The number of hydrogen-bond donors (Lipinski definition) is 1. The van der Waals surface area contributed by atoms with E-state index in [1.807, 2.05) is 44.4 Å². The average molecular weight is 290 g/mol. The lowest BCUT2D eigenvalue weighted by atomic mass is 10.1. The molecule has 2 rings (SSSR count). The van der Waals surface area contributed by atoms with Crippen molar-refractivity contribution in [3.8, 4) is 5.75 Å². The van der Waals surface area contributed by atoms with Crippen molar-refractivity contribution in [1.82, 2.24) is 9.97 Å². The second kappa shape index (κ2) is 6.61. The van der Waals surface area contributed by atoms with E-state index in [9.17, 15) is 4.79 Å². The third-order valence-corrected chi connectivity index (χ3v) is 3.56. The molecule has 0 amide bonds. The van der Waals surface area contributed by atoms with Crippen molar-refractivity contribution in [2.75, 3.05) is 12.9 Å². The number of ether oxygens (including phenoxy) is 1. The van der Waals surface area contributed by atoms with E-state index in [0.717, 1.165) is 17.0 Å². The highest BCUT2D eigenvalue weighted by Crippen LogP contribution is 2.17. The van der Waals surface area contributed by atoms with Crippen LogP contribution in [0, 0.1) is 6.92 Å². The van der Waals surface area contributed by atoms with E-state index in [2.05, 4.69) is 9.97 Å². The van der Waals surface area contributed by atoms with Crippen LogP contribution < -0.4 is 10.3 Å². The fourth-order valence-electron chi connectivity index (χ4n) is 2.01. The Hall–Kier alpha value is -1.75. The molecule has 1 N–H and O–H groups in total. The SMILES string of the molecule is CCOc1cccc(Cc2c(C)nc(SC)[nH]c2=O)c1. The number of aryl methyl sites for hydroxylation is 1. The topological polar surface area (TPSA) is 55.0 Å². The average Bonchev–Trinajstić information content (AvgIpc) is 2.43. The predicted octanol–water partition coefficient (Wildman–Crippen LogP) is 2.79. The number of nitrogens with one attached hydrogen (secondary N) is 1. The Balaban J connectivity index is 2.30. The predicted molar refractivity (Wildman–Crippen MR) is 81.8 cm³/mol. The first-order valence-electron chi connectivity index (χ1n) is 6.49. The van der Waals surface area contributed by atoms with E-state index in [1.54, 1.807) is 0 Å². The minimum Gasteiger partial charge on any atom is -0.494 e. The monoisotopic (exact) mass is 290 g/mol. The van der Waals surface area contributed by atoms with Crippen LogP contribution in [0.1, 0.15) is 23.7 Å². The van der Waals surface area contributed by atoms with Crippen molar-refractivity contribution in [1.29, 1.82) is 0 Å². The van der Waals surface area contributed by atoms with Crippen LogP contribution in [-0.2, 0) is 6.42 Å². The Bertz CT molecular complexity index is 653. The van der Waals surface area contributed by atoms with Gasteiger partial charge in [0.2, 0.25) is 0 Å². The van der Waals surface area contributed by atoms with Crippen molar-refractivity contribution >= 4 is 11.8 Å². The Morgan fingerprint density at radius 2 is 2.20 bits per heavy atom. The molecule has 1 aromatic carbocycles. The number of benzene rings is 1. The molecule has 0 aliphatic heterocycles. The lowest BCUT2D eigenvalue weighted by molar-refractivity contribution is 0.340. The van der Waals surface area contributed by atoms with Crippen LogP contribution in [0.2, 0.25) is 0 Å². The summed E-state index contributed by atoms with van der Waals surface area (Å²) in [5.74, 6) is 0.827. The van der Waals surface area contributed by atoms with E-state index in [4.69, 9.17) is 4.74 Å². The van der Waals surface area contributed by atoms with Crippen molar-refractivity contribution in [3.63, 3.8) is 0 Å². The molecule has 0 aliphatic rings. The number of aromatic amines is 1. The maximum absolute atomic E-state index is 12.1. The van der Waals surface area contributed by atoms with Crippen molar-refractivity contribution in [2.24, 2.45) is 0 Å². The number of rotatable bonds is 5. The lowest BCUT2D eigenvalue weighted by Crippen LogP contribution is -2.17. The van der Waals surface area contributed by atoms with Crippen LogP contribution in [0.5, 0.6) is 5.75 Å². The number of H-pyrrole nitrogens is 1. The Morgan fingerprint density at radius 3 is 2.85 bits per heavy atom. The molecule has 0 atom stereocenters. The molecule has 1 aromatic heterocycles. The maximum atomic E-state index is 12.1. The molecule has 0 fully saturated rings. The minimum absolute atomic E-state index is 0.0661. The summed E-state index contributed by atoms with van der Waals surface area (Å²) in [6, 6.07) is 7.81. The first kappa shape index (κ1) is 14.7. The second-order valence-corrected chi connectivity index (χ2v) is 5.19. The van der Waals surface area contributed by atoms with E-state index in [0.29, 0.717) is 23.7 Å². The summed E-state index contributed by atoms with van der Waals surface area (Å²) < 4.78 is 5.48. The third kappa shape index (κ3) is 3.42. The molecule has 0 bridgehead atoms. The zero-order chi connectivity index (χ0) is 14.5. The van der Waals surface area contributed by atoms with Gasteiger partial charge in [0.05, 0.1) is 6.61 Å². The van der Waals surface area contributed by atoms with Crippen molar-refractivity contribution < 1.29 is 4.74 Å². The van der Waals surface area contributed by atoms with Crippen LogP contribution in [0.3, 0.4) is 0 Å². The van der Waals surface area contributed by atoms with Gasteiger partial charge in [-0.1, -0.05) is 23.9 Å². The van der Waals surface area contributed by atoms with Gasteiger partial charge >= 0.3 is 0 Å². The van der Waals surface area contributed by atoms with E-state index in [1.165, 1.54) is 11.8 Å². The molecular weight excluding hydrogens is 272 g/mol. The summed E-state index contributed by atoms with van der Waals surface area (Å²) >= 11 is 1.43. The van der Waals surface area contributed by atoms with Crippen LogP contribution in [-0.4, -0.2) is 22.8 Å². The van der Waals surface area contributed by atoms with Crippen LogP contribution >= 0.6 is 11.8 Å². The summed E-state index contributed by atoms with van der Waals surface area (Å²) in [6.07, 6.45) is 2.45. The highest BCUT2D eigenvalue weighted by molar-refractivity contribution is 7.98. The van der Waals surface area contributed by atoms with E-state index in [-0.39, 0.29) is 5.56 Å². The number of thioether (sulfide) groups is 1. The molecule has 0 radical (unpaired) electrons. The zero-order valence-electron chi connectivity index (χ0n) is 11.9. The van der Waals surface area contributed by atoms with Gasteiger partial charge in [-0.05, 0) is 37.8 Å². The van der Waals surface area contributed by atoms with Gasteiger partial charge in [0.15, 0.2) is 5.16 Å². The molecule has 0 unspecified atom stereocenters. The molecule has 0 spiro atoms. The Kier molecular flexibility index (Phi) is 4.84. The molecule has 0 aliphatic carbocycles. The molecule has 2 aromatic rings. The fraction of sp³-hybridized carbons (Fsp3) is 0.333. The summed E-state index contributed by atoms with van der Waals surface area (Å²) in [5, 5.41) is 0.652. The number of nitrogens with zero attached hydrogens (tertiary/aromatic N) is 1. The molecule has 0 saturated heterocycles. The number of aromatic nitrogens is 2. The normalized spacial score (nSPS) is 10.6. The Morgan fingerprint density at radius 1 is 1.40 bits per heavy atom. The standard InChI is InChI=1S/C15H18N2O2S/c1-4-19-12-7-5-6-11(8-12)9-13-10(2)16-15(20-3)17-14(13)18/h5-8H,4,9H2,1-3H3,(H,16,17,18). The van der Waals surface area contributed by atoms with Gasteiger partial charge in [-0.25, -0.2) is 4.98 Å².